The molecule has 3 heterocycles. The Bertz CT molecular complexity index is 1280. The zero-order chi connectivity index (χ0) is 23.1. The predicted molar refractivity (Wildman–Crippen MR) is 106 cm³/mol. The number of hydrogen-bond donors (Lipinski definition) is 0. The molecule has 0 saturated carbocycles. The number of rotatable bonds is 4. The second-order valence-corrected chi connectivity index (χ2v) is 7.52. The van der Waals surface area contributed by atoms with E-state index in [0.29, 0.717) is 11.4 Å². The van der Waals surface area contributed by atoms with Crippen molar-refractivity contribution in [2.75, 3.05) is 0 Å². The van der Waals surface area contributed by atoms with Crippen molar-refractivity contribution in [3.8, 4) is 17.1 Å². The van der Waals surface area contributed by atoms with Crippen LogP contribution >= 0.6 is 0 Å². The first-order valence-corrected chi connectivity index (χ1v) is 9.43. The second kappa shape index (κ2) is 9.14. The van der Waals surface area contributed by atoms with Crippen LogP contribution in [0.4, 0.5) is 22.0 Å². The van der Waals surface area contributed by atoms with Crippen molar-refractivity contribution in [2.24, 2.45) is 0 Å². The van der Waals surface area contributed by atoms with E-state index in [1.165, 1.54) is 6.07 Å². The Kier molecular flexibility index (Phi) is 6.84. The van der Waals surface area contributed by atoms with Crippen LogP contribution in [0.25, 0.3) is 17.1 Å². The van der Waals surface area contributed by atoms with E-state index in [1.807, 2.05) is 13.8 Å². The van der Waals surface area contributed by atoms with Gasteiger partial charge < -0.3 is 9.67 Å². The molecule has 172 valence electrons. The fourth-order valence-electron chi connectivity index (χ4n) is 3.13. The van der Waals surface area contributed by atoms with E-state index < -0.39 is 28.9 Å². The van der Waals surface area contributed by atoms with Gasteiger partial charge in [0.1, 0.15) is 0 Å². The molecule has 0 N–H and O–H groups in total. The first kappa shape index (κ1) is 24.7. The summed E-state index contributed by atoms with van der Waals surface area (Å²) in [5, 5.41) is 3.50. The molecule has 10 heteroatoms. The summed E-state index contributed by atoms with van der Waals surface area (Å²) in [5.41, 5.74) is -0.562. The molecule has 0 radical (unpaired) electrons. The van der Waals surface area contributed by atoms with Crippen LogP contribution in [0.3, 0.4) is 0 Å². The van der Waals surface area contributed by atoms with Gasteiger partial charge in [-0.1, -0.05) is 42.1 Å². The van der Waals surface area contributed by atoms with Crippen molar-refractivity contribution in [2.45, 2.75) is 25.4 Å². The van der Waals surface area contributed by atoms with Crippen LogP contribution in [0, 0.1) is 23.9 Å². The maximum atomic E-state index is 14.2. The van der Waals surface area contributed by atoms with E-state index in [1.54, 1.807) is 30.3 Å². The van der Waals surface area contributed by atoms with Crippen molar-refractivity contribution in [1.82, 2.24) is 19.7 Å². The van der Waals surface area contributed by atoms with Crippen LogP contribution in [0.2, 0.25) is 0 Å². The first-order chi connectivity index (χ1) is 15.1. The van der Waals surface area contributed by atoms with Gasteiger partial charge in [0.25, 0.3) is 0 Å². The quantitative estimate of drug-likeness (QED) is 0.218. The molecule has 0 aliphatic rings. The van der Waals surface area contributed by atoms with Gasteiger partial charge in [-0.2, -0.15) is 13.2 Å². The third kappa shape index (κ3) is 5.03. The van der Waals surface area contributed by atoms with Crippen LogP contribution in [0.5, 0.6) is 0 Å². The Balaban J connectivity index is 0.00000306. The Hall–Kier alpha value is -2.93. The van der Waals surface area contributed by atoms with E-state index in [4.69, 9.17) is 0 Å². The summed E-state index contributed by atoms with van der Waals surface area (Å²) in [5.74, 6) is -1.38. The maximum absolute atomic E-state index is 14.2. The van der Waals surface area contributed by atoms with Gasteiger partial charge in [0.15, 0.2) is 0 Å². The van der Waals surface area contributed by atoms with E-state index >= 15 is 0 Å². The molecule has 0 bridgehead atoms. The van der Waals surface area contributed by atoms with Crippen molar-refractivity contribution < 1.29 is 43.0 Å². The summed E-state index contributed by atoms with van der Waals surface area (Å²) in [6, 6.07) is 14.9. The third-order valence-corrected chi connectivity index (χ3v) is 4.92. The monoisotopic (exact) mass is 637 g/mol. The summed E-state index contributed by atoms with van der Waals surface area (Å²) in [6.07, 6.45) is -2.17. The molecule has 0 fully saturated rings. The normalized spacial score (nSPS) is 11.8. The smallest absolute Gasteiger partial charge is 0.343 e. The molecule has 0 atom stereocenters. The fraction of sp³-hybridized carbons (Fsp3) is 0.174. The Morgan fingerprint density at radius 2 is 1.55 bits per heavy atom. The van der Waals surface area contributed by atoms with Gasteiger partial charge in [-0.15, -0.1) is 18.2 Å². The Morgan fingerprint density at radius 1 is 0.879 bits per heavy atom. The molecule has 4 aromatic rings. The predicted octanol–water partition coefficient (Wildman–Crippen LogP) is 5.55. The fourth-order valence-corrected chi connectivity index (χ4v) is 3.13. The van der Waals surface area contributed by atoms with Gasteiger partial charge in [0.05, 0.1) is 11.5 Å². The molecule has 1 aromatic carbocycles. The minimum Gasteiger partial charge on any atom is -0.343 e. The Morgan fingerprint density at radius 3 is 2.18 bits per heavy atom. The number of hydrogen-bond acceptors (Lipinski definition) is 3. The van der Waals surface area contributed by atoms with E-state index in [9.17, 15) is 22.0 Å². The molecule has 33 heavy (non-hydrogen) atoms. The summed E-state index contributed by atoms with van der Waals surface area (Å²) in [6.45, 7) is 3.65. The van der Waals surface area contributed by atoms with Gasteiger partial charge in [0, 0.05) is 28.4 Å². The van der Waals surface area contributed by atoms with Crippen LogP contribution < -0.4 is 0 Å². The molecule has 3 aromatic heterocycles. The second-order valence-electron chi connectivity index (χ2n) is 7.52. The molecule has 0 spiro atoms. The average Bonchev–Trinajstić information content (AvgIpc) is 3.25. The van der Waals surface area contributed by atoms with Gasteiger partial charge in [-0.05, 0) is 31.7 Å². The third-order valence-electron chi connectivity index (χ3n) is 4.92. The molecular formula is C23H15F5N4Pt. The van der Waals surface area contributed by atoms with Gasteiger partial charge in [0.2, 0.25) is 0 Å². The summed E-state index contributed by atoms with van der Waals surface area (Å²) in [4.78, 5) is 8.96. The topological polar surface area (TPSA) is 43.6 Å². The number of pyridine rings is 2. The number of benzene rings is 1. The van der Waals surface area contributed by atoms with Gasteiger partial charge in [-0.25, -0.2) is 0 Å². The molecule has 4 nitrogen and oxygen atoms in total. The maximum Gasteiger partial charge on any atom is 2.00 e. The summed E-state index contributed by atoms with van der Waals surface area (Å²) in [7, 11) is 0. The number of alkyl halides is 3. The van der Waals surface area contributed by atoms with Crippen molar-refractivity contribution in [3.05, 3.63) is 95.6 Å². The molecule has 0 saturated heterocycles. The van der Waals surface area contributed by atoms with E-state index in [2.05, 4.69) is 27.3 Å². The molecule has 0 aliphatic carbocycles. The molecule has 0 aliphatic heterocycles. The van der Waals surface area contributed by atoms with E-state index in [0.717, 1.165) is 22.9 Å². The largest absolute Gasteiger partial charge is 2.00 e. The van der Waals surface area contributed by atoms with Crippen molar-refractivity contribution in [3.63, 3.8) is 0 Å². The number of nitrogens with zero attached hydrogens (tertiary/aromatic N) is 4. The number of halogens is 5. The van der Waals surface area contributed by atoms with Crippen molar-refractivity contribution >= 4 is 0 Å². The van der Waals surface area contributed by atoms with Gasteiger partial charge >= 0.3 is 27.2 Å². The van der Waals surface area contributed by atoms with Crippen LogP contribution in [-0.2, 0) is 32.7 Å². The zero-order valence-electron chi connectivity index (χ0n) is 17.2. The minimum absolute atomic E-state index is 0. The van der Waals surface area contributed by atoms with Crippen LogP contribution in [-0.4, -0.2) is 19.7 Å². The summed E-state index contributed by atoms with van der Waals surface area (Å²) < 4.78 is 66.9. The van der Waals surface area contributed by atoms with Crippen LogP contribution in [0.1, 0.15) is 30.9 Å². The van der Waals surface area contributed by atoms with Crippen LogP contribution in [0.15, 0.2) is 54.6 Å². The molecule has 0 unspecified atom stereocenters. The molecule has 0 amide bonds. The first-order valence-electron chi connectivity index (χ1n) is 9.43. The minimum atomic E-state index is -4.59. The number of aromatic nitrogens is 4. The zero-order valence-corrected chi connectivity index (χ0v) is 19.5. The van der Waals surface area contributed by atoms with E-state index in [-0.39, 0.29) is 38.1 Å². The van der Waals surface area contributed by atoms with Crippen molar-refractivity contribution in [1.29, 1.82) is 0 Å². The molecule has 4 rings (SSSR count). The average molecular weight is 637 g/mol. The summed E-state index contributed by atoms with van der Waals surface area (Å²) >= 11 is 0. The SMILES string of the molecule is CC(C)(c1cccc(-c2[c-]cc(F)cc2F)n1)c1cccc(-n2[c-]cc(C(F)(F)F)n2)n1.[Pt+2]. The van der Waals surface area contributed by atoms with Gasteiger partial charge in [-0.3, -0.25) is 18.9 Å². The standard InChI is InChI=1S/C23H15F5N4.Pt/c1-22(2,18-6-3-5-17(29-18)15-10-9-14(24)13-16(15)25)19-7-4-8-21(30-19)32-12-11-20(31-32)23(26,27)28;/h3-9,11,13H,1-2H3;/q-2;+2. The Labute approximate surface area is 200 Å². The molecular weight excluding hydrogens is 622 g/mol.